The van der Waals surface area contributed by atoms with Crippen molar-refractivity contribution in [3.63, 3.8) is 0 Å². The third-order valence-corrected chi connectivity index (χ3v) is 3.40. The number of benzene rings is 1. The molecule has 20 heavy (non-hydrogen) atoms. The van der Waals surface area contributed by atoms with Gasteiger partial charge in [0.15, 0.2) is 0 Å². The van der Waals surface area contributed by atoms with Gasteiger partial charge in [-0.2, -0.15) is 0 Å². The minimum Gasteiger partial charge on any atom is -0.314 e. The van der Waals surface area contributed by atoms with Gasteiger partial charge in [-0.3, -0.25) is 20.2 Å². The monoisotopic (exact) mass is 281 g/mol. The summed E-state index contributed by atoms with van der Waals surface area (Å²) in [6.07, 6.45) is 0.502. The number of hydrogen-bond donors (Lipinski definition) is 1. The Hall–Kier alpha value is -2.02. The largest absolute Gasteiger partial charge is 0.314 e. The van der Waals surface area contributed by atoms with Gasteiger partial charge in [0.05, 0.1) is 15.9 Å². The second-order valence-corrected chi connectivity index (χ2v) is 4.85. The highest BCUT2D eigenvalue weighted by Crippen LogP contribution is 2.27. The maximum atomic E-state index is 11.0. The van der Waals surface area contributed by atoms with Crippen LogP contribution in [0.25, 0.3) is 0 Å². The van der Waals surface area contributed by atoms with Crippen molar-refractivity contribution in [3.05, 3.63) is 44.0 Å². The summed E-state index contributed by atoms with van der Waals surface area (Å²) >= 11 is 0. The summed E-state index contributed by atoms with van der Waals surface area (Å²) in [5.41, 5.74) is 0.0837. The Balaban J connectivity index is 3.00. The maximum Gasteiger partial charge on any atom is 0.279 e. The molecule has 1 aromatic carbocycles. The Kier molecular flexibility index (Phi) is 5.57. The van der Waals surface area contributed by atoms with Gasteiger partial charge in [-0.1, -0.05) is 13.8 Å². The average Bonchev–Trinajstić information content (AvgIpc) is 2.38. The van der Waals surface area contributed by atoms with Crippen LogP contribution in [0.1, 0.15) is 26.3 Å². The molecule has 0 aliphatic heterocycles. The Morgan fingerprint density at radius 1 is 1.20 bits per heavy atom. The van der Waals surface area contributed by atoms with E-state index in [1.165, 1.54) is 12.1 Å². The van der Waals surface area contributed by atoms with Gasteiger partial charge in [-0.05, 0) is 31.9 Å². The molecule has 0 saturated carbocycles. The van der Waals surface area contributed by atoms with E-state index in [2.05, 4.69) is 5.32 Å². The number of nitro benzene ring substituents is 2. The molecular weight excluding hydrogens is 262 g/mol. The summed E-state index contributed by atoms with van der Waals surface area (Å²) in [5.74, 6) is 0.190. The predicted molar refractivity (Wildman–Crippen MR) is 75.8 cm³/mol. The molecule has 0 heterocycles. The molecule has 2 atom stereocenters. The van der Waals surface area contributed by atoms with Crippen LogP contribution in [0.2, 0.25) is 0 Å². The van der Waals surface area contributed by atoms with Crippen LogP contribution in [-0.2, 0) is 6.42 Å². The van der Waals surface area contributed by atoms with Gasteiger partial charge >= 0.3 is 0 Å². The van der Waals surface area contributed by atoms with E-state index in [0.29, 0.717) is 12.0 Å². The highest BCUT2D eigenvalue weighted by molar-refractivity contribution is 5.49. The van der Waals surface area contributed by atoms with Crippen molar-refractivity contribution in [2.45, 2.75) is 33.2 Å². The Morgan fingerprint density at radius 3 is 2.35 bits per heavy atom. The van der Waals surface area contributed by atoms with Crippen LogP contribution >= 0.6 is 0 Å². The molecule has 0 aromatic heterocycles. The van der Waals surface area contributed by atoms with Crippen LogP contribution in [0.5, 0.6) is 0 Å². The Morgan fingerprint density at radius 2 is 1.85 bits per heavy atom. The highest BCUT2D eigenvalue weighted by atomic mass is 16.6. The Bertz CT molecular complexity index is 504. The molecule has 0 fully saturated rings. The van der Waals surface area contributed by atoms with E-state index in [-0.39, 0.29) is 23.3 Å². The lowest BCUT2D eigenvalue weighted by molar-refractivity contribution is -0.394. The van der Waals surface area contributed by atoms with Gasteiger partial charge in [-0.25, -0.2) is 0 Å². The molecule has 0 amide bonds. The quantitative estimate of drug-likeness (QED) is 0.612. The van der Waals surface area contributed by atoms with Crippen LogP contribution in [0.3, 0.4) is 0 Å². The van der Waals surface area contributed by atoms with E-state index in [4.69, 9.17) is 0 Å². The smallest absolute Gasteiger partial charge is 0.279 e. The Labute approximate surface area is 117 Å². The molecule has 0 radical (unpaired) electrons. The number of hydrogen-bond acceptors (Lipinski definition) is 5. The van der Waals surface area contributed by atoms with E-state index in [1.54, 1.807) is 0 Å². The van der Waals surface area contributed by atoms with Gasteiger partial charge in [0.25, 0.3) is 11.4 Å². The fourth-order valence-corrected chi connectivity index (χ4v) is 2.06. The minimum absolute atomic E-state index is 0.185. The normalized spacial score (nSPS) is 13.8. The average molecular weight is 281 g/mol. The van der Waals surface area contributed by atoms with Crippen LogP contribution in [-0.4, -0.2) is 22.4 Å². The topological polar surface area (TPSA) is 98.3 Å². The lowest BCUT2D eigenvalue weighted by Crippen LogP contribution is -2.33. The lowest BCUT2D eigenvalue weighted by atomic mass is 9.94. The van der Waals surface area contributed by atoms with Crippen LogP contribution in [0.4, 0.5) is 11.4 Å². The SMILES string of the molecule is CCNC(C)C(C)Cc1ccc([N+](=O)[O-])cc1[N+](=O)[O-]. The van der Waals surface area contributed by atoms with E-state index in [1.807, 2.05) is 20.8 Å². The van der Waals surface area contributed by atoms with Crippen molar-refractivity contribution in [1.82, 2.24) is 5.32 Å². The number of nitrogens with zero attached hydrogens (tertiary/aromatic N) is 2. The first-order valence-corrected chi connectivity index (χ1v) is 6.51. The lowest BCUT2D eigenvalue weighted by Gasteiger charge is -2.20. The minimum atomic E-state index is -0.624. The number of rotatable bonds is 7. The summed E-state index contributed by atoms with van der Waals surface area (Å²) in [4.78, 5) is 20.5. The highest BCUT2D eigenvalue weighted by Gasteiger charge is 2.22. The third-order valence-electron chi connectivity index (χ3n) is 3.40. The van der Waals surface area contributed by atoms with Gasteiger partial charge in [-0.15, -0.1) is 0 Å². The van der Waals surface area contributed by atoms with Gasteiger partial charge in [0, 0.05) is 17.7 Å². The van der Waals surface area contributed by atoms with Crippen LogP contribution in [0, 0.1) is 26.1 Å². The zero-order chi connectivity index (χ0) is 15.3. The first kappa shape index (κ1) is 16.0. The van der Waals surface area contributed by atoms with Crippen LogP contribution in [0.15, 0.2) is 18.2 Å². The summed E-state index contributed by atoms with van der Waals surface area (Å²) in [5, 5.41) is 25.0. The molecule has 2 unspecified atom stereocenters. The van der Waals surface area contributed by atoms with E-state index >= 15 is 0 Å². The molecule has 1 N–H and O–H groups in total. The molecule has 1 rings (SSSR count). The number of nitrogens with one attached hydrogen (secondary N) is 1. The first-order chi connectivity index (χ1) is 9.36. The molecule has 0 aliphatic carbocycles. The summed E-state index contributed by atoms with van der Waals surface area (Å²) in [7, 11) is 0. The van der Waals surface area contributed by atoms with Crippen LogP contribution < -0.4 is 5.32 Å². The van der Waals surface area contributed by atoms with E-state index in [0.717, 1.165) is 12.6 Å². The zero-order valence-electron chi connectivity index (χ0n) is 11.8. The third kappa shape index (κ3) is 3.99. The second kappa shape index (κ2) is 6.95. The summed E-state index contributed by atoms with van der Waals surface area (Å²) < 4.78 is 0. The molecule has 0 bridgehead atoms. The van der Waals surface area contributed by atoms with Crippen molar-refractivity contribution in [2.75, 3.05) is 6.54 Å². The zero-order valence-corrected chi connectivity index (χ0v) is 11.8. The van der Waals surface area contributed by atoms with Crippen molar-refractivity contribution < 1.29 is 9.85 Å². The van der Waals surface area contributed by atoms with Crippen molar-refractivity contribution >= 4 is 11.4 Å². The number of non-ortho nitro benzene ring substituents is 1. The second-order valence-electron chi connectivity index (χ2n) is 4.85. The van der Waals surface area contributed by atoms with Crippen molar-refractivity contribution in [2.24, 2.45) is 5.92 Å². The van der Waals surface area contributed by atoms with E-state index < -0.39 is 9.85 Å². The maximum absolute atomic E-state index is 11.0. The first-order valence-electron chi connectivity index (χ1n) is 6.51. The summed E-state index contributed by atoms with van der Waals surface area (Å²) in [6.45, 7) is 6.84. The molecule has 7 nitrogen and oxygen atoms in total. The predicted octanol–water partition coefficient (Wildman–Crippen LogP) is 2.68. The van der Waals surface area contributed by atoms with Gasteiger partial charge < -0.3 is 5.32 Å². The van der Waals surface area contributed by atoms with Gasteiger partial charge in [0.2, 0.25) is 0 Å². The number of nitro groups is 2. The molecule has 0 aliphatic rings. The summed E-state index contributed by atoms with van der Waals surface area (Å²) in [6, 6.07) is 4.04. The molecule has 1 aromatic rings. The standard InChI is InChI=1S/C13H19N3O4/c1-4-14-10(3)9(2)7-11-5-6-12(15(17)18)8-13(11)16(19)20/h5-6,8-10,14H,4,7H2,1-3H3. The van der Waals surface area contributed by atoms with Crippen molar-refractivity contribution in [1.29, 1.82) is 0 Å². The molecule has 0 spiro atoms. The van der Waals surface area contributed by atoms with E-state index in [9.17, 15) is 20.2 Å². The molecule has 110 valence electrons. The molecule has 7 heteroatoms. The fourth-order valence-electron chi connectivity index (χ4n) is 2.06. The van der Waals surface area contributed by atoms with Crippen molar-refractivity contribution in [3.8, 4) is 0 Å². The molecule has 0 saturated heterocycles. The van der Waals surface area contributed by atoms with Gasteiger partial charge in [0.1, 0.15) is 0 Å². The molecular formula is C13H19N3O4. The fraction of sp³-hybridized carbons (Fsp3) is 0.538.